The molecule has 0 radical (unpaired) electrons. The number of carbonyl (C=O) groups excluding carboxylic acids is 1. The number of alkyl halides is 3. The van der Waals surface area contributed by atoms with Crippen LogP contribution < -0.4 is 11.1 Å². The van der Waals surface area contributed by atoms with E-state index in [4.69, 9.17) is 15.3 Å². The molecule has 4 rings (SSSR count). The molecule has 0 aliphatic heterocycles. The number of anilines is 1. The maximum Gasteiger partial charge on any atom is 0.420 e. The van der Waals surface area contributed by atoms with Crippen LogP contribution >= 0.6 is 0 Å². The van der Waals surface area contributed by atoms with Gasteiger partial charge in [0.25, 0.3) is 0 Å². The topological polar surface area (TPSA) is 118 Å². The number of nitrogens with zero attached hydrogens (tertiary/aromatic N) is 1. The van der Waals surface area contributed by atoms with Crippen LogP contribution in [0.2, 0.25) is 0 Å². The van der Waals surface area contributed by atoms with Gasteiger partial charge in [0.15, 0.2) is 0 Å². The van der Waals surface area contributed by atoms with Gasteiger partial charge < -0.3 is 20.6 Å². The van der Waals surface area contributed by atoms with Gasteiger partial charge in [0.1, 0.15) is 17.2 Å². The van der Waals surface area contributed by atoms with Crippen molar-refractivity contribution in [3.63, 3.8) is 0 Å². The number of hydrogen-bond acceptors (Lipinski definition) is 5. The number of allylic oxidation sites excluding steroid dienone is 2. The SMILES string of the molecule is Nc1ccc(/C=C/C(=O)NCCc2cc3cc(C4=CCC(C(=O)O)CC4)cc(C(F)(F)F)c3o2)cn1. The number of benzene rings is 1. The van der Waals surface area contributed by atoms with Crippen molar-refractivity contribution in [3.05, 3.63) is 71.1 Å². The Morgan fingerprint density at radius 2 is 2.06 bits per heavy atom. The average molecular weight is 499 g/mol. The highest BCUT2D eigenvalue weighted by Crippen LogP contribution is 2.40. The second-order valence-corrected chi connectivity index (χ2v) is 8.58. The third-order valence-electron chi connectivity index (χ3n) is 6.01. The number of pyridine rings is 1. The number of furan rings is 1. The Kier molecular flexibility index (Phi) is 7.14. The van der Waals surface area contributed by atoms with Gasteiger partial charge in [-0.1, -0.05) is 6.08 Å². The van der Waals surface area contributed by atoms with Gasteiger partial charge >= 0.3 is 12.1 Å². The molecule has 1 unspecified atom stereocenters. The first-order chi connectivity index (χ1) is 17.1. The highest BCUT2D eigenvalue weighted by atomic mass is 19.4. The minimum Gasteiger partial charge on any atom is -0.481 e. The first-order valence-corrected chi connectivity index (χ1v) is 11.3. The van der Waals surface area contributed by atoms with Crippen LogP contribution in [0.25, 0.3) is 22.6 Å². The zero-order valence-corrected chi connectivity index (χ0v) is 19.1. The summed E-state index contributed by atoms with van der Waals surface area (Å²) in [7, 11) is 0. The van der Waals surface area contributed by atoms with E-state index in [1.54, 1.807) is 36.4 Å². The summed E-state index contributed by atoms with van der Waals surface area (Å²) in [6, 6.07) is 7.55. The Bertz CT molecular complexity index is 1340. The van der Waals surface area contributed by atoms with Crippen LogP contribution in [0, 0.1) is 5.92 Å². The normalized spacial score (nSPS) is 16.3. The third kappa shape index (κ3) is 5.94. The number of hydrogen-bond donors (Lipinski definition) is 3. The van der Waals surface area contributed by atoms with Gasteiger partial charge in [-0.2, -0.15) is 13.2 Å². The van der Waals surface area contributed by atoms with Crippen LogP contribution in [0.5, 0.6) is 0 Å². The fourth-order valence-corrected chi connectivity index (χ4v) is 4.10. The van der Waals surface area contributed by atoms with Crippen LogP contribution in [0.3, 0.4) is 0 Å². The number of aromatic nitrogens is 1. The Morgan fingerprint density at radius 1 is 1.25 bits per heavy atom. The van der Waals surface area contributed by atoms with Crippen molar-refractivity contribution >= 4 is 40.3 Å². The molecule has 188 valence electrons. The van der Waals surface area contributed by atoms with Crippen LogP contribution in [-0.2, 0) is 22.2 Å². The molecule has 1 aliphatic carbocycles. The Labute approximate surface area is 204 Å². The molecule has 2 heterocycles. The number of rotatable bonds is 7. The molecule has 10 heteroatoms. The lowest BCUT2D eigenvalue weighted by Gasteiger charge is -2.19. The molecule has 7 nitrogen and oxygen atoms in total. The number of nitrogens with one attached hydrogen (secondary N) is 1. The van der Waals surface area contributed by atoms with E-state index in [0.29, 0.717) is 46.5 Å². The minimum atomic E-state index is -4.63. The summed E-state index contributed by atoms with van der Waals surface area (Å²) in [5.74, 6) is -1.12. The van der Waals surface area contributed by atoms with E-state index in [2.05, 4.69) is 10.3 Å². The van der Waals surface area contributed by atoms with Crippen molar-refractivity contribution in [2.24, 2.45) is 5.92 Å². The summed E-state index contributed by atoms with van der Waals surface area (Å²) < 4.78 is 47.0. The molecule has 1 amide bonds. The van der Waals surface area contributed by atoms with Gasteiger partial charge in [-0.15, -0.1) is 0 Å². The summed E-state index contributed by atoms with van der Waals surface area (Å²) in [5.41, 5.74) is 6.16. The van der Waals surface area contributed by atoms with Gasteiger partial charge in [-0.3, -0.25) is 9.59 Å². The molecule has 0 bridgehead atoms. The summed E-state index contributed by atoms with van der Waals surface area (Å²) in [4.78, 5) is 27.2. The number of carboxylic acids is 1. The van der Waals surface area contributed by atoms with Crippen molar-refractivity contribution in [1.82, 2.24) is 10.3 Å². The molecule has 0 saturated carbocycles. The summed E-state index contributed by atoms with van der Waals surface area (Å²) >= 11 is 0. The molecule has 4 N–H and O–H groups in total. The number of halogens is 3. The zero-order valence-electron chi connectivity index (χ0n) is 19.1. The first-order valence-electron chi connectivity index (χ1n) is 11.3. The standard InChI is InChI=1S/C26H24F3N3O4/c27-26(28,29)21-13-18(16-3-5-17(6-4-16)25(34)35)11-19-12-20(36-24(19)21)9-10-31-23(33)8-2-15-1-7-22(30)32-14-15/h1-3,7-8,11-14,17H,4-6,9-10H2,(H2,30,32)(H,31,33)(H,34,35)/b8-2+. The molecular weight excluding hydrogens is 475 g/mol. The average Bonchev–Trinajstić information content (AvgIpc) is 3.25. The number of aliphatic carboxylic acids is 1. The van der Waals surface area contributed by atoms with E-state index in [1.165, 1.54) is 12.3 Å². The van der Waals surface area contributed by atoms with Gasteiger partial charge in [0.2, 0.25) is 5.91 Å². The molecule has 3 aromatic rings. The Morgan fingerprint density at radius 3 is 2.69 bits per heavy atom. The van der Waals surface area contributed by atoms with E-state index < -0.39 is 23.6 Å². The lowest BCUT2D eigenvalue weighted by molar-refractivity contribution is -0.142. The largest absolute Gasteiger partial charge is 0.481 e. The summed E-state index contributed by atoms with van der Waals surface area (Å²) in [5, 5.41) is 12.1. The van der Waals surface area contributed by atoms with Crippen molar-refractivity contribution in [3.8, 4) is 0 Å². The monoisotopic (exact) mass is 499 g/mol. The fourth-order valence-electron chi connectivity index (χ4n) is 4.10. The minimum absolute atomic E-state index is 0.166. The molecule has 0 fully saturated rings. The Hall–Kier alpha value is -4.08. The number of carboxylic acid groups (broad SMARTS) is 1. The maximum absolute atomic E-state index is 13.8. The molecule has 0 spiro atoms. The lowest BCUT2D eigenvalue weighted by Crippen LogP contribution is -2.23. The van der Waals surface area contributed by atoms with Crippen LogP contribution in [0.4, 0.5) is 19.0 Å². The number of amides is 1. The molecule has 0 saturated heterocycles. The van der Waals surface area contributed by atoms with Crippen molar-refractivity contribution in [2.75, 3.05) is 12.3 Å². The number of carbonyl (C=O) groups is 2. The quantitative estimate of drug-likeness (QED) is 0.391. The zero-order chi connectivity index (χ0) is 25.9. The lowest BCUT2D eigenvalue weighted by atomic mass is 9.86. The van der Waals surface area contributed by atoms with Gasteiger partial charge in [-0.25, -0.2) is 4.98 Å². The summed E-state index contributed by atoms with van der Waals surface area (Å²) in [6.45, 7) is 0.166. The van der Waals surface area contributed by atoms with Crippen molar-refractivity contribution in [1.29, 1.82) is 0 Å². The molecular formula is C26H24F3N3O4. The molecule has 1 aromatic carbocycles. The second-order valence-electron chi connectivity index (χ2n) is 8.58. The van der Waals surface area contributed by atoms with Crippen LogP contribution in [0.15, 0.2) is 53.1 Å². The van der Waals surface area contributed by atoms with Gasteiger partial charge in [0, 0.05) is 30.6 Å². The van der Waals surface area contributed by atoms with Gasteiger partial charge in [-0.05, 0) is 72.4 Å². The Balaban J connectivity index is 1.47. The maximum atomic E-state index is 13.8. The number of nitrogen functional groups attached to an aromatic ring is 1. The molecule has 1 aliphatic rings. The first kappa shape index (κ1) is 25.0. The van der Waals surface area contributed by atoms with Crippen molar-refractivity contribution in [2.45, 2.75) is 31.9 Å². The number of nitrogens with two attached hydrogens (primary N) is 1. The van der Waals surface area contributed by atoms with E-state index in [1.807, 2.05) is 0 Å². The fraction of sp³-hybridized carbons (Fsp3) is 0.269. The smallest absolute Gasteiger partial charge is 0.420 e. The second kappa shape index (κ2) is 10.3. The van der Waals surface area contributed by atoms with E-state index in [0.717, 1.165) is 6.07 Å². The predicted molar refractivity (Wildman–Crippen MR) is 129 cm³/mol. The highest BCUT2D eigenvalue weighted by molar-refractivity contribution is 5.91. The molecule has 1 atom stereocenters. The van der Waals surface area contributed by atoms with Crippen LogP contribution in [-0.4, -0.2) is 28.5 Å². The van der Waals surface area contributed by atoms with E-state index in [-0.39, 0.29) is 30.9 Å². The number of fused-ring (bicyclic) bond motifs is 1. The van der Waals surface area contributed by atoms with Crippen LogP contribution in [0.1, 0.15) is 41.7 Å². The predicted octanol–water partition coefficient (Wildman–Crippen LogP) is 5.07. The van der Waals surface area contributed by atoms with Crippen molar-refractivity contribution < 1.29 is 32.3 Å². The van der Waals surface area contributed by atoms with E-state index in [9.17, 15) is 22.8 Å². The summed E-state index contributed by atoms with van der Waals surface area (Å²) in [6.07, 6.45) is 2.74. The third-order valence-corrected chi connectivity index (χ3v) is 6.01. The molecule has 36 heavy (non-hydrogen) atoms. The van der Waals surface area contributed by atoms with E-state index >= 15 is 0 Å². The van der Waals surface area contributed by atoms with Gasteiger partial charge in [0.05, 0.1) is 11.5 Å². The highest BCUT2D eigenvalue weighted by Gasteiger charge is 2.35. The molecule has 2 aromatic heterocycles.